The summed E-state index contributed by atoms with van der Waals surface area (Å²) >= 11 is 1.26. The fraction of sp³-hybridized carbons (Fsp3) is 0.250. The smallest absolute Gasteiger partial charge is 0.240 e. The van der Waals surface area contributed by atoms with E-state index in [4.69, 9.17) is 0 Å². The van der Waals surface area contributed by atoms with Gasteiger partial charge in [0.25, 0.3) is 0 Å². The molecule has 1 unspecified atom stereocenters. The van der Waals surface area contributed by atoms with Crippen molar-refractivity contribution in [3.8, 4) is 11.4 Å². The van der Waals surface area contributed by atoms with E-state index in [1.54, 1.807) is 23.1 Å². The lowest BCUT2D eigenvalue weighted by molar-refractivity contribution is -0.130. The Morgan fingerprint density at radius 3 is 2.44 bits per heavy atom. The second-order valence-corrected chi connectivity index (χ2v) is 6.94. The van der Waals surface area contributed by atoms with Crippen LogP contribution in [0.25, 0.3) is 11.4 Å². The fourth-order valence-electron chi connectivity index (χ4n) is 2.77. The number of hydrogen-bond acceptors (Lipinski definition) is 4. The van der Waals surface area contributed by atoms with Gasteiger partial charge in [0.2, 0.25) is 11.1 Å². The maximum absolute atomic E-state index is 14.0. The summed E-state index contributed by atoms with van der Waals surface area (Å²) in [5, 5.41) is 6.89. The van der Waals surface area contributed by atoms with Crippen LogP contribution < -0.4 is 0 Å². The maximum atomic E-state index is 14.0. The highest BCUT2D eigenvalue weighted by Crippen LogP contribution is 2.35. The lowest BCUT2D eigenvalue weighted by atomic mass is 10.1. The van der Waals surface area contributed by atoms with Gasteiger partial charge in [-0.1, -0.05) is 54.2 Å². The molecule has 0 aliphatic heterocycles. The van der Waals surface area contributed by atoms with E-state index in [0.29, 0.717) is 29.6 Å². The lowest BCUT2D eigenvalue weighted by Crippen LogP contribution is -2.33. The zero-order valence-electron chi connectivity index (χ0n) is 15.2. The van der Waals surface area contributed by atoms with Gasteiger partial charge in [-0.05, 0) is 31.5 Å². The quantitative estimate of drug-likeness (QED) is 0.617. The molecule has 0 saturated carbocycles. The van der Waals surface area contributed by atoms with Gasteiger partial charge in [0.15, 0.2) is 5.82 Å². The van der Waals surface area contributed by atoms with Crippen LogP contribution in [0, 0.1) is 5.82 Å². The van der Waals surface area contributed by atoms with E-state index in [0.717, 1.165) is 5.56 Å². The molecule has 1 amide bonds. The number of hydrogen-bond donors (Lipinski definition) is 1. The SMILES string of the molecule is CCN(CC)C(=O)C(Sc1n[nH]c(-c2ccccc2F)n1)c1ccccc1. The number of nitrogens with zero attached hydrogens (tertiary/aromatic N) is 3. The molecule has 0 fully saturated rings. The summed E-state index contributed by atoms with van der Waals surface area (Å²) < 4.78 is 14.0. The molecular weight excluding hydrogens is 363 g/mol. The van der Waals surface area contributed by atoms with Crippen molar-refractivity contribution >= 4 is 17.7 Å². The molecule has 1 N–H and O–H groups in total. The third-order valence-corrected chi connectivity index (χ3v) is 5.32. The first-order valence-electron chi connectivity index (χ1n) is 8.81. The van der Waals surface area contributed by atoms with Crippen LogP contribution in [-0.4, -0.2) is 39.1 Å². The number of carbonyl (C=O) groups excluding carboxylic acids is 1. The molecule has 0 radical (unpaired) electrons. The number of H-pyrrole nitrogens is 1. The van der Waals surface area contributed by atoms with Crippen LogP contribution in [-0.2, 0) is 4.79 Å². The molecule has 0 aliphatic rings. The average Bonchev–Trinajstić information content (AvgIpc) is 3.16. The zero-order chi connectivity index (χ0) is 19.2. The lowest BCUT2D eigenvalue weighted by Gasteiger charge is -2.24. The molecule has 0 spiro atoms. The van der Waals surface area contributed by atoms with Crippen molar-refractivity contribution in [2.45, 2.75) is 24.3 Å². The minimum Gasteiger partial charge on any atom is -0.342 e. The van der Waals surface area contributed by atoms with Crippen LogP contribution in [0.1, 0.15) is 24.7 Å². The monoisotopic (exact) mass is 384 g/mol. The number of aromatic amines is 1. The van der Waals surface area contributed by atoms with E-state index in [1.807, 2.05) is 44.2 Å². The highest BCUT2D eigenvalue weighted by Gasteiger charge is 2.27. The molecule has 1 atom stereocenters. The summed E-state index contributed by atoms with van der Waals surface area (Å²) in [6.45, 7) is 5.18. The molecule has 140 valence electrons. The summed E-state index contributed by atoms with van der Waals surface area (Å²) in [5.41, 5.74) is 1.24. The zero-order valence-corrected chi connectivity index (χ0v) is 16.0. The van der Waals surface area contributed by atoms with Gasteiger partial charge in [0, 0.05) is 13.1 Å². The van der Waals surface area contributed by atoms with Crippen LogP contribution in [0.4, 0.5) is 4.39 Å². The molecule has 27 heavy (non-hydrogen) atoms. The molecule has 2 aromatic carbocycles. The van der Waals surface area contributed by atoms with Gasteiger partial charge in [0.05, 0.1) is 5.56 Å². The van der Waals surface area contributed by atoms with Crippen LogP contribution >= 0.6 is 11.8 Å². The van der Waals surface area contributed by atoms with Gasteiger partial charge in [-0.15, -0.1) is 5.10 Å². The number of amides is 1. The van der Waals surface area contributed by atoms with Gasteiger partial charge < -0.3 is 4.90 Å². The molecule has 0 saturated heterocycles. The number of halogens is 1. The Morgan fingerprint density at radius 1 is 1.11 bits per heavy atom. The predicted molar refractivity (Wildman–Crippen MR) is 105 cm³/mol. The third-order valence-electron chi connectivity index (χ3n) is 4.22. The second-order valence-electron chi connectivity index (χ2n) is 5.87. The number of aromatic nitrogens is 3. The minimum atomic E-state index is -0.463. The Balaban J connectivity index is 1.89. The fourth-order valence-corrected chi connectivity index (χ4v) is 3.76. The van der Waals surface area contributed by atoms with E-state index in [2.05, 4.69) is 15.2 Å². The first kappa shape index (κ1) is 19.1. The molecule has 7 heteroatoms. The number of nitrogens with one attached hydrogen (secondary N) is 1. The molecule has 1 heterocycles. The largest absolute Gasteiger partial charge is 0.342 e. The van der Waals surface area contributed by atoms with Gasteiger partial charge in [-0.25, -0.2) is 9.37 Å². The Hall–Kier alpha value is -2.67. The van der Waals surface area contributed by atoms with Gasteiger partial charge >= 0.3 is 0 Å². The molecular formula is C20H21FN4OS. The van der Waals surface area contributed by atoms with Crippen molar-refractivity contribution in [1.82, 2.24) is 20.1 Å². The van der Waals surface area contributed by atoms with Crippen molar-refractivity contribution in [3.63, 3.8) is 0 Å². The predicted octanol–water partition coefficient (Wildman–Crippen LogP) is 4.31. The van der Waals surface area contributed by atoms with Crippen LogP contribution in [0.15, 0.2) is 59.8 Å². The highest BCUT2D eigenvalue weighted by atomic mass is 32.2. The van der Waals surface area contributed by atoms with Gasteiger partial charge in [-0.3, -0.25) is 9.89 Å². The molecule has 1 aromatic heterocycles. The third kappa shape index (κ3) is 4.36. The first-order chi connectivity index (χ1) is 13.1. The number of carbonyl (C=O) groups is 1. The van der Waals surface area contributed by atoms with E-state index in [-0.39, 0.29) is 11.7 Å². The Labute approximate surface area is 162 Å². The number of thioether (sulfide) groups is 1. The second kappa shape index (κ2) is 8.81. The maximum Gasteiger partial charge on any atom is 0.240 e. The van der Waals surface area contributed by atoms with Crippen molar-refractivity contribution in [1.29, 1.82) is 0 Å². The van der Waals surface area contributed by atoms with E-state index >= 15 is 0 Å². The average molecular weight is 384 g/mol. The summed E-state index contributed by atoms with van der Waals surface area (Å²) in [4.78, 5) is 19.2. The summed E-state index contributed by atoms with van der Waals surface area (Å²) in [6, 6.07) is 15.9. The van der Waals surface area contributed by atoms with E-state index in [1.165, 1.54) is 17.8 Å². The molecule has 0 bridgehead atoms. The van der Waals surface area contributed by atoms with Gasteiger partial charge in [0.1, 0.15) is 11.1 Å². The minimum absolute atomic E-state index is 0.00782. The van der Waals surface area contributed by atoms with Crippen molar-refractivity contribution in [3.05, 3.63) is 66.0 Å². The molecule has 3 aromatic rings. The standard InChI is InChI=1S/C20H21FN4OS/c1-3-25(4-2)19(26)17(14-10-6-5-7-11-14)27-20-22-18(23-24-20)15-12-8-9-13-16(15)21/h5-13,17H,3-4H2,1-2H3,(H,22,23,24). The van der Waals surface area contributed by atoms with E-state index < -0.39 is 5.25 Å². The van der Waals surface area contributed by atoms with Crippen LogP contribution in [0.2, 0.25) is 0 Å². The normalized spacial score (nSPS) is 12.0. The first-order valence-corrected chi connectivity index (χ1v) is 9.69. The number of rotatable bonds is 7. The highest BCUT2D eigenvalue weighted by molar-refractivity contribution is 8.00. The van der Waals surface area contributed by atoms with Crippen LogP contribution in [0.5, 0.6) is 0 Å². The van der Waals surface area contributed by atoms with Crippen LogP contribution in [0.3, 0.4) is 0 Å². The Bertz CT molecular complexity index is 896. The van der Waals surface area contributed by atoms with Crippen molar-refractivity contribution in [2.75, 3.05) is 13.1 Å². The molecule has 3 rings (SSSR count). The summed E-state index contributed by atoms with van der Waals surface area (Å²) in [7, 11) is 0. The summed E-state index contributed by atoms with van der Waals surface area (Å²) in [6.07, 6.45) is 0. The number of benzene rings is 2. The van der Waals surface area contributed by atoms with Gasteiger partial charge in [-0.2, -0.15) is 0 Å². The van der Waals surface area contributed by atoms with Crippen molar-refractivity contribution in [2.24, 2.45) is 0 Å². The molecule has 0 aliphatic carbocycles. The Morgan fingerprint density at radius 2 is 1.78 bits per heavy atom. The van der Waals surface area contributed by atoms with E-state index in [9.17, 15) is 9.18 Å². The van der Waals surface area contributed by atoms with Crippen molar-refractivity contribution < 1.29 is 9.18 Å². The number of likely N-dealkylation sites (N-methyl/N-ethyl adjacent to an activating group) is 1. The Kier molecular flexibility index (Phi) is 6.24. The topological polar surface area (TPSA) is 61.9 Å². The molecule has 5 nitrogen and oxygen atoms in total. The summed E-state index contributed by atoms with van der Waals surface area (Å²) in [5.74, 6) is -0.0184.